The molecule has 0 aliphatic rings. The van der Waals surface area contributed by atoms with Crippen molar-refractivity contribution < 1.29 is 26.7 Å². The van der Waals surface area contributed by atoms with Crippen LogP contribution in [0.15, 0.2) is 0 Å². The largest absolute Gasteiger partial charge is 0.402 e. The van der Waals surface area contributed by atoms with E-state index in [0.717, 1.165) is 14.0 Å². The van der Waals surface area contributed by atoms with Gasteiger partial charge in [-0.25, -0.2) is 8.42 Å². The van der Waals surface area contributed by atoms with Gasteiger partial charge >= 0.3 is 6.18 Å². The van der Waals surface area contributed by atoms with Crippen LogP contribution in [0.3, 0.4) is 0 Å². The third-order valence-corrected chi connectivity index (χ3v) is 3.77. The van der Waals surface area contributed by atoms with Crippen molar-refractivity contribution in [3.63, 3.8) is 0 Å². The predicted octanol–water partition coefficient (Wildman–Crippen LogP) is 0.191. The van der Waals surface area contributed by atoms with Gasteiger partial charge in [0.05, 0.1) is 11.9 Å². The lowest BCUT2D eigenvalue weighted by Crippen LogP contribution is -2.41. The van der Waals surface area contributed by atoms with Crippen LogP contribution in [0, 0.1) is 0 Å². The molecule has 0 spiro atoms. The molecule has 0 heterocycles. The molecule has 0 radical (unpaired) electrons. The molecule has 0 saturated carbocycles. The van der Waals surface area contributed by atoms with Gasteiger partial charge in [0, 0.05) is 7.05 Å². The summed E-state index contributed by atoms with van der Waals surface area (Å²) in [4.78, 5) is 0. The summed E-state index contributed by atoms with van der Waals surface area (Å²) in [6.45, 7) is -1.10. The summed E-state index contributed by atoms with van der Waals surface area (Å²) in [7, 11) is -3.23. The van der Waals surface area contributed by atoms with Gasteiger partial charge < -0.3 is 5.11 Å². The molecular formula is C6H12F3NO3S. The molecule has 0 aromatic heterocycles. The van der Waals surface area contributed by atoms with Crippen molar-refractivity contribution in [3.8, 4) is 0 Å². The molecule has 1 unspecified atom stereocenters. The maximum atomic E-state index is 11.8. The first-order valence-electron chi connectivity index (χ1n) is 3.74. The average molecular weight is 235 g/mol. The Morgan fingerprint density at radius 3 is 2.14 bits per heavy atom. The van der Waals surface area contributed by atoms with Crippen molar-refractivity contribution in [3.05, 3.63) is 0 Å². The molecule has 0 saturated heterocycles. The molecule has 0 aromatic rings. The van der Waals surface area contributed by atoms with Gasteiger partial charge in [0.1, 0.15) is 6.54 Å². The third-order valence-electron chi connectivity index (χ3n) is 1.60. The molecule has 0 amide bonds. The van der Waals surface area contributed by atoms with Crippen molar-refractivity contribution in [2.24, 2.45) is 0 Å². The summed E-state index contributed by atoms with van der Waals surface area (Å²) in [5, 5.41) is 7.30. The molecule has 0 aliphatic carbocycles. The summed E-state index contributed by atoms with van der Waals surface area (Å²) < 4.78 is 58.1. The number of aliphatic hydroxyl groups is 1. The number of hydrogen-bond donors (Lipinski definition) is 1. The Morgan fingerprint density at radius 1 is 1.43 bits per heavy atom. The number of hydrogen-bond acceptors (Lipinski definition) is 3. The second-order valence-corrected chi connectivity index (χ2v) is 5.37. The Hall–Kier alpha value is -0.340. The van der Waals surface area contributed by atoms with Gasteiger partial charge in [0.15, 0.2) is 0 Å². The van der Waals surface area contributed by atoms with E-state index in [9.17, 15) is 21.6 Å². The van der Waals surface area contributed by atoms with Crippen molar-refractivity contribution >= 4 is 10.0 Å². The van der Waals surface area contributed by atoms with Crippen LogP contribution in [0.2, 0.25) is 0 Å². The van der Waals surface area contributed by atoms with Gasteiger partial charge in [-0.1, -0.05) is 0 Å². The summed E-state index contributed by atoms with van der Waals surface area (Å²) in [5.41, 5.74) is 0. The van der Waals surface area contributed by atoms with Crippen LogP contribution in [0.25, 0.3) is 0 Å². The smallest absolute Gasteiger partial charge is 0.395 e. The Kier molecular flexibility index (Phi) is 4.34. The molecule has 0 rings (SSSR count). The Labute approximate surface area is 80.4 Å². The minimum absolute atomic E-state index is 0.188. The zero-order valence-electron chi connectivity index (χ0n) is 7.74. The molecule has 8 heteroatoms. The molecule has 1 atom stereocenters. The second kappa shape index (κ2) is 4.45. The van der Waals surface area contributed by atoms with E-state index < -0.39 is 34.6 Å². The van der Waals surface area contributed by atoms with Crippen LogP contribution in [0.5, 0.6) is 0 Å². The Morgan fingerprint density at radius 2 is 1.86 bits per heavy atom. The number of nitrogens with zero attached hydrogens (tertiary/aromatic N) is 1. The first kappa shape index (κ1) is 13.7. The van der Waals surface area contributed by atoms with E-state index >= 15 is 0 Å². The predicted molar refractivity (Wildman–Crippen MR) is 44.2 cm³/mol. The van der Waals surface area contributed by atoms with Crippen molar-refractivity contribution in [2.75, 3.05) is 20.2 Å². The van der Waals surface area contributed by atoms with Crippen LogP contribution >= 0.6 is 0 Å². The van der Waals surface area contributed by atoms with Crippen LogP contribution in [-0.4, -0.2) is 49.5 Å². The number of halogens is 3. The van der Waals surface area contributed by atoms with Crippen molar-refractivity contribution in [1.82, 2.24) is 4.31 Å². The fourth-order valence-electron chi connectivity index (χ4n) is 0.744. The molecular weight excluding hydrogens is 223 g/mol. The average Bonchev–Trinajstić information content (AvgIpc) is 1.99. The van der Waals surface area contributed by atoms with Gasteiger partial charge in [-0.2, -0.15) is 17.5 Å². The first-order chi connectivity index (χ1) is 6.11. The van der Waals surface area contributed by atoms with E-state index in [2.05, 4.69) is 0 Å². The number of alkyl halides is 3. The Balaban J connectivity index is 4.61. The molecule has 0 fully saturated rings. The van der Waals surface area contributed by atoms with E-state index in [1.165, 1.54) is 0 Å². The highest BCUT2D eigenvalue weighted by Crippen LogP contribution is 2.18. The van der Waals surface area contributed by atoms with E-state index in [4.69, 9.17) is 5.11 Å². The first-order valence-corrected chi connectivity index (χ1v) is 5.24. The van der Waals surface area contributed by atoms with Crippen LogP contribution in [-0.2, 0) is 10.0 Å². The van der Waals surface area contributed by atoms with Gasteiger partial charge in [-0.3, -0.25) is 0 Å². The topological polar surface area (TPSA) is 57.6 Å². The quantitative estimate of drug-likeness (QED) is 0.756. The van der Waals surface area contributed by atoms with E-state index in [0.29, 0.717) is 0 Å². The normalized spacial score (nSPS) is 15.9. The number of sulfonamides is 1. The fraction of sp³-hybridized carbons (Fsp3) is 1.00. The molecule has 4 nitrogen and oxygen atoms in total. The second-order valence-electron chi connectivity index (χ2n) is 2.91. The maximum absolute atomic E-state index is 11.8. The minimum atomic E-state index is -4.57. The zero-order chi connectivity index (χ0) is 11.6. The lowest BCUT2D eigenvalue weighted by Gasteiger charge is -2.21. The lowest BCUT2D eigenvalue weighted by molar-refractivity contribution is -0.134. The number of rotatable bonds is 4. The highest BCUT2D eigenvalue weighted by atomic mass is 32.2. The molecule has 0 bridgehead atoms. The number of aliphatic hydroxyl groups excluding tert-OH is 1. The van der Waals surface area contributed by atoms with Crippen molar-refractivity contribution in [1.29, 1.82) is 0 Å². The molecule has 14 heavy (non-hydrogen) atoms. The minimum Gasteiger partial charge on any atom is -0.395 e. The highest BCUT2D eigenvalue weighted by Gasteiger charge is 2.36. The summed E-state index contributed by atoms with van der Waals surface area (Å²) in [6, 6.07) is 0. The summed E-state index contributed by atoms with van der Waals surface area (Å²) in [5.74, 6) is 0. The third kappa shape index (κ3) is 3.81. The standard InChI is InChI=1S/C6H12F3NO3S/c1-5(3-11)14(12,13)10(2)4-6(7,8)9/h5,11H,3-4H2,1-2H3. The van der Waals surface area contributed by atoms with Crippen LogP contribution in [0.1, 0.15) is 6.92 Å². The van der Waals surface area contributed by atoms with Gasteiger partial charge in [-0.15, -0.1) is 0 Å². The fourth-order valence-corrected chi connectivity index (χ4v) is 1.87. The summed E-state index contributed by atoms with van der Waals surface area (Å²) in [6.07, 6.45) is -4.57. The van der Waals surface area contributed by atoms with Crippen LogP contribution < -0.4 is 0 Å². The van der Waals surface area contributed by atoms with E-state index in [1.807, 2.05) is 0 Å². The maximum Gasteiger partial charge on any atom is 0.402 e. The zero-order valence-corrected chi connectivity index (χ0v) is 8.56. The van der Waals surface area contributed by atoms with Crippen LogP contribution in [0.4, 0.5) is 13.2 Å². The molecule has 86 valence electrons. The summed E-state index contributed by atoms with van der Waals surface area (Å²) >= 11 is 0. The molecule has 0 aliphatic heterocycles. The van der Waals surface area contributed by atoms with Gasteiger partial charge in [-0.05, 0) is 6.92 Å². The monoisotopic (exact) mass is 235 g/mol. The van der Waals surface area contributed by atoms with E-state index in [1.54, 1.807) is 0 Å². The molecule has 0 aromatic carbocycles. The molecule has 1 N–H and O–H groups in total. The van der Waals surface area contributed by atoms with Gasteiger partial charge in [0.25, 0.3) is 0 Å². The van der Waals surface area contributed by atoms with Crippen molar-refractivity contribution in [2.45, 2.75) is 18.3 Å². The van der Waals surface area contributed by atoms with E-state index in [-0.39, 0.29) is 4.31 Å². The SMILES string of the molecule is CC(CO)S(=O)(=O)N(C)CC(F)(F)F. The Bertz CT molecular complexity index is 275. The van der Waals surface area contributed by atoms with Gasteiger partial charge in [0.2, 0.25) is 10.0 Å². The highest BCUT2D eigenvalue weighted by molar-refractivity contribution is 7.89. The lowest BCUT2D eigenvalue weighted by atomic mass is 10.5.